The topological polar surface area (TPSA) is 115 Å². The summed E-state index contributed by atoms with van der Waals surface area (Å²) in [4.78, 5) is 14.4. The van der Waals surface area contributed by atoms with E-state index < -0.39 is 4.92 Å². The van der Waals surface area contributed by atoms with Gasteiger partial charge in [-0.2, -0.15) is 0 Å². The summed E-state index contributed by atoms with van der Waals surface area (Å²) in [5.41, 5.74) is 7.28. The molecule has 0 atom stereocenters. The van der Waals surface area contributed by atoms with E-state index in [9.17, 15) is 10.1 Å². The molecule has 0 amide bonds. The van der Waals surface area contributed by atoms with Crippen molar-refractivity contribution in [1.29, 1.82) is 5.41 Å². The Morgan fingerprint density at radius 1 is 1.33 bits per heavy atom. The summed E-state index contributed by atoms with van der Waals surface area (Å²) < 4.78 is 5.68. The fourth-order valence-corrected chi connectivity index (χ4v) is 1.96. The number of nitro groups is 1. The van der Waals surface area contributed by atoms with E-state index in [1.807, 2.05) is 0 Å². The van der Waals surface area contributed by atoms with E-state index in [0.717, 1.165) is 5.69 Å². The van der Waals surface area contributed by atoms with Gasteiger partial charge in [0.15, 0.2) is 0 Å². The first-order chi connectivity index (χ1) is 9.88. The summed E-state index contributed by atoms with van der Waals surface area (Å²) in [7, 11) is 0. The Morgan fingerprint density at radius 3 is 2.48 bits per heavy atom. The van der Waals surface area contributed by atoms with Crippen molar-refractivity contribution >= 4 is 11.5 Å². The lowest BCUT2D eigenvalue weighted by Gasteiger charge is -2.13. The summed E-state index contributed by atoms with van der Waals surface area (Å²) in [5, 5.41) is 18.2. The van der Waals surface area contributed by atoms with Gasteiger partial charge in [-0.1, -0.05) is 0 Å². The Labute approximate surface area is 121 Å². The molecule has 7 nitrogen and oxygen atoms in total. The molecule has 0 bridgehead atoms. The number of hydrogen-bond acceptors (Lipinski definition) is 5. The second kappa shape index (κ2) is 5.58. The Morgan fingerprint density at radius 2 is 1.95 bits per heavy atom. The maximum atomic E-state index is 10.6. The molecule has 0 aliphatic rings. The minimum absolute atomic E-state index is 0.0174. The molecule has 0 saturated carbocycles. The van der Waals surface area contributed by atoms with Crippen LogP contribution in [-0.4, -0.2) is 15.7 Å². The zero-order chi connectivity index (χ0) is 15.6. The van der Waals surface area contributed by atoms with Gasteiger partial charge in [0.1, 0.15) is 17.3 Å². The number of nitrogen functional groups attached to an aromatic ring is 1. The van der Waals surface area contributed by atoms with E-state index in [4.69, 9.17) is 15.9 Å². The lowest BCUT2D eigenvalue weighted by Crippen LogP contribution is -2.15. The molecule has 2 rings (SSSR count). The number of benzene rings is 1. The number of nitrogens with zero attached hydrogens (tertiary/aromatic N) is 2. The first kappa shape index (κ1) is 14.4. The number of nitrogens with two attached hydrogens (primary N) is 1. The third-order valence-corrected chi connectivity index (χ3v) is 2.84. The van der Waals surface area contributed by atoms with E-state index in [0.29, 0.717) is 22.8 Å². The Balaban J connectivity index is 2.39. The molecule has 0 fully saturated rings. The maximum Gasteiger partial charge on any atom is 0.269 e. The first-order valence-electron chi connectivity index (χ1n) is 6.13. The highest BCUT2D eigenvalue weighted by Crippen LogP contribution is 2.28. The zero-order valence-electron chi connectivity index (χ0n) is 11.6. The molecule has 0 saturated heterocycles. The molecule has 0 unspecified atom stereocenters. The minimum atomic E-state index is -0.481. The summed E-state index contributed by atoms with van der Waals surface area (Å²) in [6, 6.07) is 7.36. The normalized spacial score (nSPS) is 10.2. The van der Waals surface area contributed by atoms with E-state index >= 15 is 0 Å². The SMILES string of the molecule is Cc1cc(Oc2ccc([N+](=O)[O-])cc2)c(C(=N)N)c(C)n1. The van der Waals surface area contributed by atoms with Crippen molar-refractivity contribution in [3.8, 4) is 11.5 Å². The maximum absolute atomic E-state index is 10.6. The number of amidine groups is 1. The number of hydrogen-bond donors (Lipinski definition) is 2. The summed E-state index contributed by atoms with van der Waals surface area (Å²) in [5.74, 6) is 0.686. The van der Waals surface area contributed by atoms with Crippen LogP contribution in [0.2, 0.25) is 0 Å². The molecule has 2 aromatic rings. The van der Waals surface area contributed by atoms with Crippen LogP contribution in [0.25, 0.3) is 0 Å². The van der Waals surface area contributed by atoms with Crippen molar-refractivity contribution in [2.75, 3.05) is 0 Å². The van der Waals surface area contributed by atoms with Gasteiger partial charge < -0.3 is 10.5 Å². The highest BCUT2D eigenvalue weighted by Gasteiger charge is 2.14. The number of non-ortho nitro benzene ring substituents is 1. The number of ether oxygens (including phenoxy) is 1. The second-order valence-electron chi connectivity index (χ2n) is 4.49. The molecular weight excluding hydrogens is 272 g/mol. The fourth-order valence-electron chi connectivity index (χ4n) is 1.96. The number of pyridine rings is 1. The van der Waals surface area contributed by atoms with Crippen LogP contribution in [-0.2, 0) is 0 Å². The standard InChI is InChI=1S/C14H14N4O3/c1-8-7-12(13(14(15)16)9(2)17-8)21-11-5-3-10(4-6-11)18(19)20/h3-7H,1-2H3,(H3,15,16). The highest BCUT2D eigenvalue weighted by molar-refractivity contribution is 5.98. The molecule has 3 N–H and O–H groups in total. The van der Waals surface area contributed by atoms with E-state index in [1.165, 1.54) is 24.3 Å². The second-order valence-corrected chi connectivity index (χ2v) is 4.49. The summed E-state index contributed by atoms with van der Waals surface area (Å²) in [6.07, 6.45) is 0. The number of aromatic nitrogens is 1. The average molecular weight is 286 g/mol. The fraction of sp³-hybridized carbons (Fsp3) is 0.143. The van der Waals surface area contributed by atoms with Crippen molar-refractivity contribution in [3.63, 3.8) is 0 Å². The van der Waals surface area contributed by atoms with Gasteiger partial charge in [-0.05, 0) is 26.0 Å². The zero-order valence-corrected chi connectivity index (χ0v) is 11.6. The molecule has 1 aromatic carbocycles. The molecular formula is C14H14N4O3. The average Bonchev–Trinajstić information content (AvgIpc) is 2.37. The van der Waals surface area contributed by atoms with Gasteiger partial charge in [0, 0.05) is 23.9 Å². The van der Waals surface area contributed by atoms with E-state index in [2.05, 4.69) is 4.98 Å². The molecule has 1 heterocycles. The third-order valence-electron chi connectivity index (χ3n) is 2.84. The number of rotatable bonds is 4. The van der Waals surface area contributed by atoms with Gasteiger partial charge in [0.05, 0.1) is 16.2 Å². The van der Waals surface area contributed by atoms with Crippen LogP contribution >= 0.6 is 0 Å². The summed E-state index contributed by atoms with van der Waals surface area (Å²) in [6.45, 7) is 3.55. The van der Waals surface area contributed by atoms with Crippen LogP contribution in [0, 0.1) is 29.4 Å². The van der Waals surface area contributed by atoms with Crippen LogP contribution in [0.15, 0.2) is 30.3 Å². The molecule has 0 aliphatic carbocycles. The van der Waals surface area contributed by atoms with Crippen molar-refractivity contribution in [2.45, 2.75) is 13.8 Å². The van der Waals surface area contributed by atoms with Gasteiger partial charge in [0.2, 0.25) is 0 Å². The van der Waals surface area contributed by atoms with E-state index in [-0.39, 0.29) is 11.5 Å². The van der Waals surface area contributed by atoms with Crippen LogP contribution in [0.1, 0.15) is 17.0 Å². The first-order valence-corrected chi connectivity index (χ1v) is 6.13. The quantitative estimate of drug-likeness (QED) is 0.388. The number of nitro benzene ring substituents is 1. The van der Waals surface area contributed by atoms with E-state index in [1.54, 1.807) is 19.9 Å². The van der Waals surface area contributed by atoms with Crippen molar-refractivity contribution in [1.82, 2.24) is 4.98 Å². The molecule has 0 spiro atoms. The molecule has 0 aliphatic heterocycles. The Kier molecular flexibility index (Phi) is 3.84. The predicted octanol–water partition coefficient (Wildman–Crippen LogP) is 2.68. The van der Waals surface area contributed by atoms with Gasteiger partial charge in [-0.25, -0.2) is 0 Å². The summed E-state index contributed by atoms with van der Waals surface area (Å²) >= 11 is 0. The number of nitrogens with one attached hydrogen (secondary N) is 1. The largest absolute Gasteiger partial charge is 0.456 e. The molecule has 0 radical (unpaired) electrons. The highest BCUT2D eigenvalue weighted by atomic mass is 16.6. The molecule has 1 aromatic heterocycles. The van der Waals surface area contributed by atoms with Crippen molar-refractivity contribution < 1.29 is 9.66 Å². The van der Waals surface area contributed by atoms with Crippen molar-refractivity contribution in [3.05, 3.63) is 57.4 Å². The number of aryl methyl sites for hydroxylation is 2. The smallest absolute Gasteiger partial charge is 0.269 e. The van der Waals surface area contributed by atoms with Gasteiger partial charge in [-0.3, -0.25) is 20.5 Å². The van der Waals surface area contributed by atoms with Crippen molar-refractivity contribution in [2.24, 2.45) is 5.73 Å². The Hall–Kier alpha value is -2.96. The lowest BCUT2D eigenvalue weighted by molar-refractivity contribution is -0.384. The van der Waals surface area contributed by atoms with Crippen LogP contribution in [0.4, 0.5) is 5.69 Å². The van der Waals surface area contributed by atoms with Gasteiger partial charge >= 0.3 is 0 Å². The Bertz CT molecular complexity index is 711. The molecule has 7 heteroatoms. The van der Waals surface area contributed by atoms with Gasteiger partial charge in [-0.15, -0.1) is 0 Å². The monoisotopic (exact) mass is 286 g/mol. The van der Waals surface area contributed by atoms with Crippen LogP contribution in [0.3, 0.4) is 0 Å². The van der Waals surface area contributed by atoms with Crippen LogP contribution < -0.4 is 10.5 Å². The molecule has 108 valence electrons. The third kappa shape index (κ3) is 3.14. The van der Waals surface area contributed by atoms with Crippen LogP contribution in [0.5, 0.6) is 11.5 Å². The molecule has 21 heavy (non-hydrogen) atoms. The minimum Gasteiger partial charge on any atom is -0.456 e. The predicted molar refractivity (Wildman–Crippen MR) is 77.9 cm³/mol. The van der Waals surface area contributed by atoms with Gasteiger partial charge in [0.25, 0.3) is 5.69 Å². The lowest BCUT2D eigenvalue weighted by atomic mass is 10.1.